The average molecular weight is 779 g/mol. The Morgan fingerprint density at radius 1 is 0.344 bits per heavy atom. The number of hydrogen-bond donors (Lipinski definition) is 0. The van der Waals surface area contributed by atoms with Gasteiger partial charge in [0.05, 0.1) is 11.0 Å². The van der Waals surface area contributed by atoms with Crippen LogP contribution in [0.5, 0.6) is 0 Å². The van der Waals surface area contributed by atoms with E-state index in [9.17, 15) is 0 Å². The molecule has 0 spiro atoms. The molecule has 0 atom stereocenters. The number of hydrogen-bond acceptors (Lipinski definition) is 1. The van der Waals surface area contributed by atoms with Crippen molar-refractivity contribution in [3.8, 4) is 39.1 Å². The highest BCUT2D eigenvalue weighted by Crippen LogP contribution is 2.52. The number of para-hydroxylation sites is 2. The van der Waals surface area contributed by atoms with E-state index in [1.807, 2.05) is 0 Å². The number of rotatable bonds is 6. The fourth-order valence-corrected chi connectivity index (χ4v) is 10.1. The van der Waals surface area contributed by atoms with Gasteiger partial charge in [-0.05, 0) is 133 Å². The van der Waals surface area contributed by atoms with Crippen LogP contribution in [0.25, 0.3) is 82.4 Å². The number of anilines is 3. The van der Waals surface area contributed by atoms with Crippen LogP contribution in [0.2, 0.25) is 0 Å². The second-order valence-electron chi connectivity index (χ2n) is 17.0. The summed E-state index contributed by atoms with van der Waals surface area (Å²) in [6.45, 7) is 4.78. The van der Waals surface area contributed by atoms with E-state index in [0.717, 1.165) is 17.1 Å². The van der Waals surface area contributed by atoms with Gasteiger partial charge in [0.15, 0.2) is 0 Å². The summed E-state index contributed by atoms with van der Waals surface area (Å²) in [6, 6.07) is 80.5. The van der Waals surface area contributed by atoms with Crippen molar-refractivity contribution in [1.82, 2.24) is 4.57 Å². The Balaban J connectivity index is 0.985. The van der Waals surface area contributed by atoms with Crippen molar-refractivity contribution < 1.29 is 0 Å². The van der Waals surface area contributed by atoms with Gasteiger partial charge >= 0.3 is 0 Å². The van der Waals surface area contributed by atoms with Crippen LogP contribution in [-0.2, 0) is 5.41 Å². The SMILES string of the molecule is CC1(C)c2cc(N(c3ccc(-c4cccc5ccccc45)cc3)c3cccc(-c4ccc5ccccc5c4)c3)ccc2-c2ccc(-n3c4ccccc4c4ccccc43)cc21. The summed E-state index contributed by atoms with van der Waals surface area (Å²) in [5.41, 5.74) is 16.9. The summed E-state index contributed by atoms with van der Waals surface area (Å²) < 4.78 is 2.43. The van der Waals surface area contributed by atoms with Gasteiger partial charge in [-0.3, -0.25) is 0 Å². The minimum absolute atomic E-state index is 0.230. The Hall–Kier alpha value is -7.68. The van der Waals surface area contributed by atoms with Gasteiger partial charge < -0.3 is 9.47 Å². The minimum atomic E-state index is -0.230. The molecule has 0 N–H and O–H groups in total. The summed E-state index contributed by atoms with van der Waals surface area (Å²) in [6.07, 6.45) is 0. The zero-order valence-corrected chi connectivity index (χ0v) is 34.2. The summed E-state index contributed by atoms with van der Waals surface area (Å²) in [7, 11) is 0. The largest absolute Gasteiger partial charge is 0.310 e. The van der Waals surface area contributed by atoms with E-state index in [0.29, 0.717) is 0 Å². The van der Waals surface area contributed by atoms with Crippen LogP contribution < -0.4 is 4.90 Å². The molecule has 11 aromatic rings. The molecule has 0 amide bonds. The lowest BCUT2D eigenvalue weighted by Crippen LogP contribution is -2.17. The van der Waals surface area contributed by atoms with Gasteiger partial charge in [-0.25, -0.2) is 0 Å². The van der Waals surface area contributed by atoms with E-state index in [4.69, 9.17) is 0 Å². The van der Waals surface area contributed by atoms with Gasteiger partial charge in [-0.1, -0.05) is 166 Å². The van der Waals surface area contributed by atoms with E-state index in [2.05, 4.69) is 242 Å². The van der Waals surface area contributed by atoms with Crippen LogP contribution in [0, 0.1) is 0 Å². The quantitative estimate of drug-likeness (QED) is 0.163. The fourth-order valence-electron chi connectivity index (χ4n) is 10.1. The molecule has 1 heterocycles. The first kappa shape index (κ1) is 35.3. The van der Waals surface area contributed by atoms with Crippen LogP contribution >= 0.6 is 0 Å². The molecule has 1 aliphatic carbocycles. The maximum absolute atomic E-state index is 2.44. The second-order valence-corrected chi connectivity index (χ2v) is 17.0. The fraction of sp³-hybridized carbons (Fsp3) is 0.0508. The maximum Gasteiger partial charge on any atom is 0.0541 e. The molecule has 2 nitrogen and oxygen atoms in total. The smallest absolute Gasteiger partial charge is 0.0541 e. The molecular formula is C59H42N2. The van der Waals surface area contributed by atoms with Crippen LogP contribution in [0.3, 0.4) is 0 Å². The van der Waals surface area contributed by atoms with Crippen molar-refractivity contribution in [3.63, 3.8) is 0 Å². The Morgan fingerprint density at radius 3 is 1.67 bits per heavy atom. The summed E-state index contributed by atoms with van der Waals surface area (Å²) >= 11 is 0. The first-order valence-corrected chi connectivity index (χ1v) is 21.3. The molecule has 0 aliphatic heterocycles. The van der Waals surface area contributed by atoms with E-state index in [1.165, 1.54) is 93.5 Å². The van der Waals surface area contributed by atoms with Crippen molar-refractivity contribution in [2.24, 2.45) is 0 Å². The minimum Gasteiger partial charge on any atom is -0.310 e. The van der Waals surface area contributed by atoms with Crippen molar-refractivity contribution in [1.29, 1.82) is 0 Å². The molecule has 0 saturated heterocycles. The third-order valence-electron chi connectivity index (χ3n) is 13.2. The molecule has 1 aromatic heterocycles. The first-order valence-electron chi connectivity index (χ1n) is 21.3. The molecule has 1 aliphatic rings. The summed E-state index contributed by atoms with van der Waals surface area (Å²) in [5.74, 6) is 0. The van der Waals surface area contributed by atoms with Gasteiger partial charge in [0.1, 0.15) is 0 Å². The van der Waals surface area contributed by atoms with E-state index < -0.39 is 0 Å². The molecule has 2 heteroatoms. The monoisotopic (exact) mass is 778 g/mol. The highest BCUT2D eigenvalue weighted by atomic mass is 15.1. The Kier molecular flexibility index (Phi) is 7.92. The predicted molar refractivity (Wildman–Crippen MR) is 259 cm³/mol. The zero-order chi connectivity index (χ0) is 40.7. The molecule has 0 bridgehead atoms. The number of fused-ring (bicyclic) bond motifs is 8. The predicted octanol–water partition coefficient (Wildman–Crippen LogP) is 16.2. The molecule has 0 saturated carbocycles. The Morgan fingerprint density at radius 2 is 0.902 bits per heavy atom. The molecular weight excluding hydrogens is 737 g/mol. The maximum atomic E-state index is 2.44. The second kappa shape index (κ2) is 13.7. The van der Waals surface area contributed by atoms with Gasteiger partial charge in [-0.15, -0.1) is 0 Å². The van der Waals surface area contributed by atoms with Crippen LogP contribution in [-0.4, -0.2) is 4.57 Å². The third-order valence-corrected chi connectivity index (χ3v) is 13.2. The van der Waals surface area contributed by atoms with Gasteiger partial charge in [0.2, 0.25) is 0 Å². The molecule has 61 heavy (non-hydrogen) atoms. The topological polar surface area (TPSA) is 8.17 Å². The molecule has 0 unspecified atom stereocenters. The van der Waals surface area contributed by atoms with Crippen molar-refractivity contribution in [3.05, 3.63) is 230 Å². The molecule has 0 radical (unpaired) electrons. The average Bonchev–Trinajstić information content (AvgIpc) is 3.77. The highest BCUT2D eigenvalue weighted by molar-refractivity contribution is 6.09. The Bertz CT molecular complexity index is 3450. The van der Waals surface area contributed by atoms with E-state index in [-0.39, 0.29) is 5.41 Å². The summed E-state index contributed by atoms with van der Waals surface area (Å²) in [4.78, 5) is 2.43. The molecule has 288 valence electrons. The molecule has 10 aromatic carbocycles. The normalized spacial score (nSPS) is 12.9. The van der Waals surface area contributed by atoms with Gasteiger partial charge in [-0.2, -0.15) is 0 Å². The van der Waals surface area contributed by atoms with Crippen molar-refractivity contribution in [2.75, 3.05) is 4.90 Å². The number of benzene rings is 10. The standard InChI is InChI=1S/C59H42N2/c1-59(2)55-37-47(31-33-51(55)52-34-32-48(38-56(52)59)61-57-23-9-7-20-53(57)54-21-8-10-24-58(54)61)60(45-29-27-41(28-30-45)50-22-12-16-40-14-5-6-19-49(40)50)46-18-11-17-43(36-46)44-26-25-39-13-3-4-15-42(39)35-44/h3-38H,1-2H3. The lowest BCUT2D eigenvalue weighted by Gasteiger charge is -2.28. The lowest BCUT2D eigenvalue weighted by molar-refractivity contribution is 0.660. The lowest BCUT2D eigenvalue weighted by atomic mass is 9.82. The zero-order valence-electron chi connectivity index (χ0n) is 34.2. The van der Waals surface area contributed by atoms with Crippen molar-refractivity contribution >= 4 is 60.4 Å². The molecule has 0 fully saturated rings. The highest BCUT2D eigenvalue weighted by Gasteiger charge is 2.36. The summed E-state index contributed by atoms with van der Waals surface area (Å²) in [5, 5.41) is 7.56. The van der Waals surface area contributed by atoms with E-state index in [1.54, 1.807) is 0 Å². The van der Waals surface area contributed by atoms with Gasteiger partial charge in [0, 0.05) is 38.9 Å². The number of nitrogens with zero attached hydrogens (tertiary/aromatic N) is 2. The van der Waals surface area contributed by atoms with E-state index >= 15 is 0 Å². The van der Waals surface area contributed by atoms with Crippen LogP contribution in [0.4, 0.5) is 17.1 Å². The van der Waals surface area contributed by atoms with Crippen LogP contribution in [0.1, 0.15) is 25.0 Å². The molecule has 12 rings (SSSR count). The third kappa shape index (κ3) is 5.64. The Labute approximate surface area is 356 Å². The van der Waals surface area contributed by atoms with Gasteiger partial charge in [0.25, 0.3) is 0 Å². The van der Waals surface area contributed by atoms with Crippen LogP contribution in [0.15, 0.2) is 218 Å². The number of aromatic nitrogens is 1. The van der Waals surface area contributed by atoms with Crippen molar-refractivity contribution in [2.45, 2.75) is 19.3 Å². The first-order chi connectivity index (χ1) is 30.0.